The largest absolute Gasteiger partial charge is 0.497 e. The van der Waals surface area contributed by atoms with Crippen molar-refractivity contribution in [2.75, 3.05) is 14.2 Å². The Morgan fingerprint density at radius 2 is 1.91 bits per heavy atom. The van der Waals surface area contributed by atoms with E-state index in [9.17, 15) is 4.79 Å². The molecule has 1 N–H and O–H groups in total. The maximum Gasteiger partial charge on any atom is 0.244 e. The lowest BCUT2D eigenvalue weighted by atomic mass is 10.1. The fourth-order valence-corrected chi connectivity index (χ4v) is 1.93. The zero-order chi connectivity index (χ0) is 15.8. The van der Waals surface area contributed by atoms with E-state index in [0.717, 1.165) is 11.1 Å². The van der Waals surface area contributed by atoms with Crippen LogP contribution in [0.15, 0.2) is 53.6 Å². The molecule has 22 heavy (non-hydrogen) atoms. The van der Waals surface area contributed by atoms with Gasteiger partial charge in [-0.1, -0.05) is 30.3 Å². The van der Waals surface area contributed by atoms with Crippen molar-refractivity contribution in [1.82, 2.24) is 5.43 Å². The van der Waals surface area contributed by atoms with Crippen molar-refractivity contribution < 1.29 is 14.3 Å². The second-order valence-electron chi connectivity index (χ2n) is 4.56. The molecule has 0 fully saturated rings. The molecule has 0 unspecified atom stereocenters. The first kappa shape index (κ1) is 15.6. The van der Waals surface area contributed by atoms with Gasteiger partial charge >= 0.3 is 0 Å². The highest BCUT2D eigenvalue weighted by Gasteiger charge is 2.04. The molecule has 0 bridgehead atoms. The van der Waals surface area contributed by atoms with Crippen molar-refractivity contribution in [3.8, 4) is 11.5 Å². The summed E-state index contributed by atoms with van der Waals surface area (Å²) >= 11 is 0. The van der Waals surface area contributed by atoms with Gasteiger partial charge in [0.05, 0.1) is 26.9 Å². The van der Waals surface area contributed by atoms with E-state index in [4.69, 9.17) is 9.47 Å². The highest BCUT2D eigenvalue weighted by atomic mass is 16.5. The third-order valence-electron chi connectivity index (χ3n) is 3.04. The number of methoxy groups -OCH3 is 2. The summed E-state index contributed by atoms with van der Waals surface area (Å²) in [5.74, 6) is 1.17. The summed E-state index contributed by atoms with van der Waals surface area (Å²) in [6.07, 6.45) is 1.82. The SMILES string of the molecule is COc1ccc(OC)c(/C=N\NC(=O)Cc2ccccc2)c1. The number of hydrogen-bond donors (Lipinski definition) is 1. The van der Waals surface area contributed by atoms with E-state index in [1.54, 1.807) is 32.4 Å². The summed E-state index contributed by atoms with van der Waals surface area (Å²) in [6, 6.07) is 14.9. The van der Waals surface area contributed by atoms with Gasteiger partial charge < -0.3 is 9.47 Å². The number of hydrogen-bond acceptors (Lipinski definition) is 4. The second-order valence-corrected chi connectivity index (χ2v) is 4.56. The molecule has 0 aliphatic rings. The zero-order valence-corrected chi connectivity index (χ0v) is 12.6. The summed E-state index contributed by atoms with van der Waals surface area (Å²) in [7, 11) is 3.16. The Morgan fingerprint density at radius 1 is 1.14 bits per heavy atom. The number of benzene rings is 2. The number of rotatable bonds is 6. The van der Waals surface area contributed by atoms with Crippen LogP contribution in [-0.4, -0.2) is 26.3 Å². The van der Waals surface area contributed by atoms with Gasteiger partial charge in [0.1, 0.15) is 11.5 Å². The number of carbonyl (C=O) groups excluding carboxylic acids is 1. The van der Waals surface area contributed by atoms with Crippen LogP contribution < -0.4 is 14.9 Å². The highest BCUT2D eigenvalue weighted by Crippen LogP contribution is 2.22. The van der Waals surface area contributed by atoms with E-state index in [-0.39, 0.29) is 12.3 Å². The number of carbonyl (C=O) groups is 1. The average Bonchev–Trinajstić information content (AvgIpc) is 2.55. The molecule has 2 aromatic carbocycles. The molecule has 0 heterocycles. The van der Waals surface area contributed by atoms with Crippen LogP contribution in [0.4, 0.5) is 0 Å². The monoisotopic (exact) mass is 298 g/mol. The minimum absolute atomic E-state index is 0.177. The number of nitrogens with one attached hydrogen (secondary N) is 1. The Bertz CT molecular complexity index is 654. The average molecular weight is 298 g/mol. The number of amides is 1. The molecule has 2 aromatic rings. The molecule has 0 aliphatic carbocycles. The van der Waals surface area contributed by atoms with Gasteiger partial charge in [-0.15, -0.1) is 0 Å². The van der Waals surface area contributed by atoms with E-state index >= 15 is 0 Å². The maximum atomic E-state index is 11.8. The lowest BCUT2D eigenvalue weighted by Gasteiger charge is -2.06. The molecule has 0 radical (unpaired) electrons. The molecule has 5 heteroatoms. The van der Waals surface area contributed by atoms with Crippen LogP contribution >= 0.6 is 0 Å². The molecule has 1 amide bonds. The molecule has 0 aromatic heterocycles. The topological polar surface area (TPSA) is 59.9 Å². The standard InChI is InChI=1S/C17H18N2O3/c1-21-15-8-9-16(22-2)14(11-15)12-18-19-17(20)10-13-6-4-3-5-7-13/h3-9,11-12H,10H2,1-2H3,(H,19,20)/b18-12-. The van der Waals surface area contributed by atoms with Crippen LogP contribution in [0, 0.1) is 0 Å². The van der Waals surface area contributed by atoms with Crippen LogP contribution in [0.25, 0.3) is 0 Å². The predicted molar refractivity (Wildman–Crippen MR) is 85.4 cm³/mol. The Kier molecular flexibility index (Phi) is 5.54. The lowest BCUT2D eigenvalue weighted by Crippen LogP contribution is -2.19. The molecule has 0 spiro atoms. The van der Waals surface area contributed by atoms with Gasteiger partial charge in [0, 0.05) is 5.56 Å². The van der Waals surface area contributed by atoms with E-state index < -0.39 is 0 Å². The van der Waals surface area contributed by atoms with Gasteiger partial charge in [-0.2, -0.15) is 5.10 Å². The summed E-state index contributed by atoms with van der Waals surface area (Å²) < 4.78 is 10.4. The second kappa shape index (κ2) is 7.83. The highest BCUT2D eigenvalue weighted by molar-refractivity contribution is 5.86. The zero-order valence-electron chi connectivity index (χ0n) is 12.6. The molecule has 0 saturated carbocycles. The van der Waals surface area contributed by atoms with Gasteiger partial charge in [-0.3, -0.25) is 4.79 Å². The third kappa shape index (κ3) is 4.34. The van der Waals surface area contributed by atoms with Crippen molar-refractivity contribution in [2.24, 2.45) is 5.10 Å². The Hall–Kier alpha value is -2.82. The number of nitrogens with zero attached hydrogens (tertiary/aromatic N) is 1. The van der Waals surface area contributed by atoms with Crippen LogP contribution in [0.2, 0.25) is 0 Å². The Morgan fingerprint density at radius 3 is 2.59 bits per heavy atom. The molecule has 0 saturated heterocycles. The van der Waals surface area contributed by atoms with Gasteiger partial charge in [0.15, 0.2) is 0 Å². The van der Waals surface area contributed by atoms with Crippen molar-refractivity contribution in [3.05, 3.63) is 59.7 Å². The van der Waals surface area contributed by atoms with E-state index in [0.29, 0.717) is 11.5 Å². The quantitative estimate of drug-likeness (QED) is 0.658. The lowest BCUT2D eigenvalue weighted by molar-refractivity contribution is -0.120. The van der Waals surface area contributed by atoms with Crippen LogP contribution in [0.3, 0.4) is 0 Å². The van der Waals surface area contributed by atoms with Gasteiger partial charge in [-0.25, -0.2) is 5.43 Å². The van der Waals surface area contributed by atoms with E-state index in [1.165, 1.54) is 6.21 Å². The third-order valence-corrected chi connectivity index (χ3v) is 3.04. The fourth-order valence-electron chi connectivity index (χ4n) is 1.93. The van der Waals surface area contributed by atoms with Gasteiger partial charge in [0.25, 0.3) is 0 Å². The fraction of sp³-hybridized carbons (Fsp3) is 0.176. The maximum absolute atomic E-state index is 11.8. The summed E-state index contributed by atoms with van der Waals surface area (Å²) in [5, 5.41) is 3.96. The van der Waals surface area contributed by atoms with Crippen LogP contribution in [-0.2, 0) is 11.2 Å². The van der Waals surface area contributed by atoms with E-state index in [1.807, 2.05) is 30.3 Å². The first-order valence-corrected chi connectivity index (χ1v) is 6.81. The van der Waals surface area contributed by atoms with Crippen molar-refractivity contribution in [1.29, 1.82) is 0 Å². The number of ether oxygens (including phenoxy) is 2. The smallest absolute Gasteiger partial charge is 0.244 e. The van der Waals surface area contributed by atoms with Crippen molar-refractivity contribution in [3.63, 3.8) is 0 Å². The summed E-state index contributed by atoms with van der Waals surface area (Å²) in [6.45, 7) is 0. The normalized spacial score (nSPS) is 10.5. The molecular weight excluding hydrogens is 280 g/mol. The molecule has 114 valence electrons. The Labute approximate surface area is 129 Å². The van der Waals surface area contributed by atoms with Crippen molar-refractivity contribution >= 4 is 12.1 Å². The first-order chi connectivity index (χ1) is 10.7. The van der Waals surface area contributed by atoms with Crippen LogP contribution in [0.1, 0.15) is 11.1 Å². The summed E-state index contributed by atoms with van der Waals surface area (Å²) in [4.78, 5) is 11.8. The minimum atomic E-state index is -0.177. The molecule has 0 atom stereocenters. The number of hydrazone groups is 1. The molecular formula is C17H18N2O3. The van der Waals surface area contributed by atoms with Gasteiger partial charge in [0.2, 0.25) is 5.91 Å². The Balaban J connectivity index is 1.98. The first-order valence-electron chi connectivity index (χ1n) is 6.81. The summed E-state index contributed by atoms with van der Waals surface area (Å²) in [5.41, 5.74) is 4.17. The molecule has 2 rings (SSSR count). The van der Waals surface area contributed by atoms with Crippen LogP contribution in [0.5, 0.6) is 11.5 Å². The van der Waals surface area contributed by atoms with E-state index in [2.05, 4.69) is 10.5 Å². The van der Waals surface area contributed by atoms with Gasteiger partial charge in [-0.05, 0) is 23.8 Å². The molecule has 0 aliphatic heterocycles. The molecule has 5 nitrogen and oxygen atoms in total. The van der Waals surface area contributed by atoms with Crippen molar-refractivity contribution in [2.45, 2.75) is 6.42 Å². The predicted octanol–water partition coefficient (Wildman–Crippen LogP) is 2.40. The minimum Gasteiger partial charge on any atom is -0.497 e.